The van der Waals surface area contributed by atoms with Gasteiger partial charge in [0.25, 0.3) is 0 Å². The molecule has 0 amide bonds. The van der Waals surface area contributed by atoms with Crippen LogP contribution in [0.2, 0.25) is 0 Å². The van der Waals surface area contributed by atoms with Gasteiger partial charge in [-0.15, -0.1) is 0 Å². The van der Waals surface area contributed by atoms with E-state index in [2.05, 4.69) is 0 Å². The zero-order chi connectivity index (χ0) is 20.3. The maximum Gasteiger partial charge on any atom is 0.339 e. The Morgan fingerprint density at radius 1 is 1.21 bits per heavy atom. The number of hydrogen-bond acceptors (Lipinski definition) is 8. The number of cyclic esters (lactones) is 1. The van der Waals surface area contributed by atoms with Crippen molar-refractivity contribution in [1.29, 1.82) is 0 Å². The van der Waals surface area contributed by atoms with Crippen LogP contribution in [0.15, 0.2) is 23.0 Å². The van der Waals surface area contributed by atoms with E-state index in [1.165, 1.54) is 12.5 Å². The number of carbonyl (C=O) groups is 2. The Hall–Kier alpha value is -1.74. The van der Waals surface area contributed by atoms with Crippen molar-refractivity contribution in [3.63, 3.8) is 0 Å². The van der Waals surface area contributed by atoms with E-state index in [1.807, 2.05) is 6.92 Å². The van der Waals surface area contributed by atoms with Gasteiger partial charge in [0.15, 0.2) is 11.9 Å². The van der Waals surface area contributed by atoms with Crippen LogP contribution >= 0.6 is 0 Å². The topological polar surface area (TPSA) is 119 Å². The number of rotatable bonds is 1. The summed E-state index contributed by atoms with van der Waals surface area (Å²) < 4.78 is 22.6. The molecule has 3 aliphatic heterocycles. The fraction of sp³-hybridized carbons (Fsp3) is 0.714. The molecule has 1 spiro atoms. The molecule has 8 nitrogen and oxygen atoms in total. The number of esters is 1. The van der Waals surface area contributed by atoms with E-state index in [0.717, 1.165) is 0 Å². The normalized spacial score (nSPS) is 55.4. The molecule has 5 aliphatic rings. The van der Waals surface area contributed by atoms with Gasteiger partial charge in [0.1, 0.15) is 17.5 Å². The first kappa shape index (κ1) is 18.1. The van der Waals surface area contributed by atoms with E-state index in [4.69, 9.17) is 18.6 Å². The fourth-order valence-corrected chi connectivity index (χ4v) is 7.18. The van der Waals surface area contributed by atoms with Crippen molar-refractivity contribution < 1.29 is 38.4 Å². The van der Waals surface area contributed by atoms with E-state index in [0.29, 0.717) is 5.56 Å². The number of ketones is 1. The van der Waals surface area contributed by atoms with Crippen LogP contribution in [0.25, 0.3) is 0 Å². The molecule has 5 fully saturated rings. The Morgan fingerprint density at radius 2 is 2.00 bits per heavy atom. The molecule has 0 bridgehead atoms. The second kappa shape index (κ2) is 5.29. The molecule has 2 N–H and O–H groups in total. The lowest BCUT2D eigenvalue weighted by atomic mass is 9.46. The second-order valence-electron chi connectivity index (χ2n) is 9.73. The van der Waals surface area contributed by atoms with Crippen LogP contribution in [-0.2, 0) is 23.8 Å². The summed E-state index contributed by atoms with van der Waals surface area (Å²) >= 11 is 0. The first-order valence-corrected chi connectivity index (χ1v) is 10.2. The van der Waals surface area contributed by atoms with Crippen molar-refractivity contribution >= 4 is 11.8 Å². The average molecular weight is 404 g/mol. The largest absolute Gasteiger partial charge is 0.472 e. The number of furan rings is 1. The number of epoxide rings is 1. The molecule has 3 saturated heterocycles. The van der Waals surface area contributed by atoms with Gasteiger partial charge in [-0.1, -0.05) is 6.92 Å². The standard InChI is InChI=1S/C21H24O8/c1-19-6-12(23)13-14-10(8-27-20(14,2)25)5-11(22)15(13)21(19)17(29-21)18(24)28-16(19)9-3-4-26-7-9/h3-4,7,10,12-17,23,25H,5-6,8H2,1-2H3. The number of carbonyl (C=O) groups excluding carboxylic acids is 2. The number of ether oxygens (including phenoxy) is 3. The highest BCUT2D eigenvalue weighted by molar-refractivity contribution is 5.90. The van der Waals surface area contributed by atoms with Crippen LogP contribution in [-0.4, -0.2) is 52.2 Å². The number of Topliss-reactive ketones (excluding diaryl/α,β-unsaturated/α-hetero) is 1. The average Bonchev–Trinajstić information content (AvgIpc) is 3.04. The predicted octanol–water partition coefficient (Wildman–Crippen LogP) is 0.962. The van der Waals surface area contributed by atoms with Crippen LogP contribution in [0.5, 0.6) is 0 Å². The summed E-state index contributed by atoms with van der Waals surface area (Å²) in [4.78, 5) is 26.1. The van der Waals surface area contributed by atoms with E-state index >= 15 is 0 Å². The minimum Gasteiger partial charge on any atom is -0.472 e. The molecule has 10 atom stereocenters. The third-order valence-corrected chi connectivity index (χ3v) is 8.28. The van der Waals surface area contributed by atoms with Gasteiger partial charge >= 0.3 is 5.97 Å². The van der Waals surface area contributed by atoms with Gasteiger partial charge in [0.05, 0.1) is 31.2 Å². The minimum atomic E-state index is -1.43. The molecule has 1 aromatic heterocycles. The van der Waals surface area contributed by atoms with Crippen molar-refractivity contribution in [2.75, 3.05) is 6.61 Å². The number of hydrogen-bond donors (Lipinski definition) is 2. The molecule has 0 aromatic carbocycles. The van der Waals surface area contributed by atoms with Crippen LogP contribution in [0.4, 0.5) is 0 Å². The van der Waals surface area contributed by atoms with Crippen LogP contribution in [0.1, 0.15) is 38.4 Å². The zero-order valence-corrected chi connectivity index (χ0v) is 16.2. The van der Waals surface area contributed by atoms with Crippen molar-refractivity contribution in [2.45, 2.75) is 56.4 Å². The number of aliphatic hydroxyl groups is 2. The van der Waals surface area contributed by atoms with Crippen molar-refractivity contribution in [3.8, 4) is 0 Å². The molecule has 4 heterocycles. The number of fused-ring (bicyclic) bond motifs is 3. The Labute approximate surface area is 167 Å². The summed E-state index contributed by atoms with van der Waals surface area (Å²) in [7, 11) is 0. The Morgan fingerprint density at radius 3 is 2.72 bits per heavy atom. The van der Waals surface area contributed by atoms with Gasteiger partial charge in [0, 0.05) is 29.2 Å². The van der Waals surface area contributed by atoms with Gasteiger partial charge < -0.3 is 28.8 Å². The summed E-state index contributed by atoms with van der Waals surface area (Å²) in [5.41, 5.74) is -1.17. The second-order valence-corrected chi connectivity index (χ2v) is 9.73. The lowest BCUT2D eigenvalue weighted by molar-refractivity contribution is -0.232. The summed E-state index contributed by atoms with van der Waals surface area (Å²) in [6.45, 7) is 3.80. The zero-order valence-electron chi connectivity index (χ0n) is 16.2. The van der Waals surface area contributed by atoms with E-state index in [9.17, 15) is 19.8 Å². The fourth-order valence-electron chi connectivity index (χ4n) is 7.18. The third-order valence-electron chi connectivity index (χ3n) is 8.28. The SMILES string of the molecule is CC1(O)OCC2CC(=O)C3C(C(O)CC4(C)C(c5ccoc5)OC(=O)C5OC534)C21. The molecule has 0 radical (unpaired) electrons. The highest BCUT2D eigenvalue weighted by Crippen LogP contribution is 2.72. The maximum absolute atomic E-state index is 13.4. The Bertz CT molecular complexity index is 893. The van der Waals surface area contributed by atoms with Crippen LogP contribution in [0, 0.1) is 29.1 Å². The predicted molar refractivity (Wildman–Crippen MR) is 94.0 cm³/mol. The lowest BCUT2D eigenvalue weighted by Gasteiger charge is -2.57. The maximum atomic E-state index is 13.4. The summed E-state index contributed by atoms with van der Waals surface area (Å²) in [6.07, 6.45) is 1.17. The Balaban J connectivity index is 1.50. The van der Waals surface area contributed by atoms with Crippen molar-refractivity contribution in [2.24, 2.45) is 29.1 Å². The smallest absolute Gasteiger partial charge is 0.339 e. The van der Waals surface area contributed by atoms with Crippen molar-refractivity contribution in [1.82, 2.24) is 0 Å². The van der Waals surface area contributed by atoms with Crippen LogP contribution < -0.4 is 0 Å². The van der Waals surface area contributed by atoms with Gasteiger partial charge in [-0.3, -0.25) is 4.79 Å². The summed E-state index contributed by atoms with van der Waals surface area (Å²) in [6, 6.07) is 1.73. The van der Waals surface area contributed by atoms with Gasteiger partial charge in [-0.05, 0) is 25.3 Å². The van der Waals surface area contributed by atoms with Crippen molar-refractivity contribution in [3.05, 3.63) is 24.2 Å². The van der Waals surface area contributed by atoms with E-state index in [-0.39, 0.29) is 31.1 Å². The lowest BCUT2D eigenvalue weighted by Crippen LogP contribution is -2.67. The Kier molecular flexibility index (Phi) is 3.30. The molecule has 2 aliphatic carbocycles. The molecule has 29 heavy (non-hydrogen) atoms. The summed E-state index contributed by atoms with van der Waals surface area (Å²) in [5, 5.41) is 22.1. The highest BCUT2D eigenvalue weighted by Gasteiger charge is 2.85. The molecule has 1 aromatic rings. The first-order chi connectivity index (χ1) is 13.7. The van der Waals surface area contributed by atoms with Gasteiger partial charge in [-0.2, -0.15) is 0 Å². The molecule has 8 heteroatoms. The minimum absolute atomic E-state index is 0.0364. The molecule has 6 rings (SSSR count). The quantitative estimate of drug-likeness (QED) is 0.525. The van der Waals surface area contributed by atoms with Gasteiger partial charge in [0.2, 0.25) is 0 Å². The molecular formula is C21H24O8. The first-order valence-electron chi connectivity index (χ1n) is 10.2. The van der Waals surface area contributed by atoms with E-state index in [1.54, 1.807) is 13.0 Å². The third kappa shape index (κ3) is 1.98. The summed E-state index contributed by atoms with van der Waals surface area (Å²) in [5.74, 6) is -3.73. The van der Waals surface area contributed by atoms with E-state index < -0.39 is 58.8 Å². The van der Waals surface area contributed by atoms with Gasteiger partial charge in [-0.25, -0.2) is 4.79 Å². The van der Waals surface area contributed by atoms with Crippen LogP contribution in [0.3, 0.4) is 0 Å². The number of aliphatic hydroxyl groups excluding tert-OH is 1. The molecule has 2 saturated carbocycles. The molecule has 156 valence electrons. The molecule has 10 unspecified atom stereocenters. The molecular weight excluding hydrogens is 380 g/mol. The highest BCUT2D eigenvalue weighted by atomic mass is 16.7. The monoisotopic (exact) mass is 404 g/mol.